The molecule has 3 heterocycles. The van der Waals surface area contributed by atoms with Crippen LogP contribution >= 0.6 is 22.9 Å². The highest BCUT2D eigenvalue weighted by molar-refractivity contribution is 7.07. The maximum atomic E-state index is 14.1. The van der Waals surface area contributed by atoms with Crippen LogP contribution in [0.3, 0.4) is 0 Å². The number of hydrogen-bond donors (Lipinski definition) is 1. The lowest BCUT2D eigenvalue weighted by Gasteiger charge is -2.26. The van der Waals surface area contributed by atoms with E-state index in [4.69, 9.17) is 30.5 Å². The first-order valence-corrected chi connectivity index (χ1v) is 15.0. The SMILES string of the molecule is CCOC(=O)C1=C(c2ccccc2)N=c2s/c(=C\c3ccc(-c4cc(C(=O)O)ccc4Cl)o3)c(=O)n2[C@@H]1c1cccc(OC)c1. The van der Waals surface area contributed by atoms with Gasteiger partial charge in [0.25, 0.3) is 5.56 Å². The Morgan fingerprint density at radius 1 is 1.07 bits per heavy atom. The number of aromatic nitrogens is 1. The standard InChI is InChI=1S/C34H25ClN2O7S/c1-3-43-33(41)28-29(19-8-5-4-6-9-19)36-34-37(30(28)20-10-7-11-22(16-20)42-2)31(38)27(45-34)18-23-13-15-26(44-23)24-17-21(32(39)40)12-14-25(24)35/h4-18,30H,3H2,1-2H3,(H,39,40)/b27-18-/t30-/m1/s1. The van der Waals surface area contributed by atoms with Gasteiger partial charge in [0.1, 0.15) is 17.3 Å². The van der Waals surface area contributed by atoms with Crippen molar-refractivity contribution < 1.29 is 28.6 Å². The average molecular weight is 641 g/mol. The Balaban J connectivity index is 1.55. The number of halogens is 1. The molecule has 1 N–H and O–H groups in total. The Bertz CT molecular complexity index is 2160. The van der Waals surface area contributed by atoms with Gasteiger partial charge in [-0.25, -0.2) is 14.6 Å². The summed E-state index contributed by atoms with van der Waals surface area (Å²) in [5, 5.41) is 9.72. The zero-order chi connectivity index (χ0) is 31.7. The molecule has 45 heavy (non-hydrogen) atoms. The number of hydrogen-bond acceptors (Lipinski definition) is 8. The molecule has 1 aliphatic heterocycles. The molecular formula is C34H25ClN2O7S. The van der Waals surface area contributed by atoms with E-state index >= 15 is 0 Å². The Morgan fingerprint density at radius 2 is 1.87 bits per heavy atom. The number of carboxylic acids is 1. The van der Waals surface area contributed by atoms with Crippen LogP contribution in [0.2, 0.25) is 5.02 Å². The normalized spacial score (nSPS) is 14.6. The predicted molar refractivity (Wildman–Crippen MR) is 170 cm³/mol. The number of esters is 1. The highest BCUT2D eigenvalue weighted by Crippen LogP contribution is 2.36. The molecule has 3 aromatic carbocycles. The van der Waals surface area contributed by atoms with E-state index in [-0.39, 0.29) is 23.3 Å². The molecule has 0 aliphatic carbocycles. The largest absolute Gasteiger partial charge is 0.497 e. The van der Waals surface area contributed by atoms with Crippen LogP contribution in [-0.4, -0.2) is 35.3 Å². The first-order valence-electron chi connectivity index (χ1n) is 13.8. The minimum Gasteiger partial charge on any atom is -0.497 e. The van der Waals surface area contributed by atoms with Gasteiger partial charge in [-0.2, -0.15) is 0 Å². The highest BCUT2D eigenvalue weighted by atomic mass is 35.5. The number of aromatic carboxylic acids is 1. The molecule has 0 radical (unpaired) electrons. The van der Waals surface area contributed by atoms with Gasteiger partial charge in [-0.3, -0.25) is 9.36 Å². The zero-order valence-corrected chi connectivity index (χ0v) is 25.6. The number of carboxylic acid groups (broad SMARTS) is 1. The zero-order valence-electron chi connectivity index (χ0n) is 24.0. The fourth-order valence-electron chi connectivity index (χ4n) is 5.12. The van der Waals surface area contributed by atoms with Gasteiger partial charge < -0.3 is 19.0 Å². The predicted octanol–water partition coefficient (Wildman–Crippen LogP) is 5.56. The van der Waals surface area contributed by atoms with E-state index in [9.17, 15) is 19.5 Å². The van der Waals surface area contributed by atoms with E-state index in [1.807, 2.05) is 36.4 Å². The monoisotopic (exact) mass is 640 g/mol. The maximum absolute atomic E-state index is 14.1. The van der Waals surface area contributed by atoms with E-state index in [0.717, 1.165) is 11.3 Å². The Hall–Kier alpha value is -5.19. The summed E-state index contributed by atoms with van der Waals surface area (Å²) in [5.74, 6) is -0.433. The van der Waals surface area contributed by atoms with Crippen molar-refractivity contribution in [3.63, 3.8) is 0 Å². The molecule has 5 aromatic rings. The lowest BCUT2D eigenvalue weighted by atomic mass is 9.93. The van der Waals surface area contributed by atoms with E-state index < -0.39 is 18.0 Å². The number of carbonyl (C=O) groups excluding carboxylic acids is 1. The van der Waals surface area contributed by atoms with Gasteiger partial charge in [0.05, 0.1) is 46.1 Å². The minimum atomic E-state index is -1.09. The van der Waals surface area contributed by atoms with Crippen LogP contribution in [0.25, 0.3) is 23.1 Å². The second kappa shape index (κ2) is 12.4. The van der Waals surface area contributed by atoms with Gasteiger partial charge in [0.15, 0.2) is 4.80 Å². The highest BCUT2D eigenvalue weighted by Gasteiger charge is 2.35. The molecule has 0 unspecified atom stereocenters. The Morgan fingerprint density at radius 3 is 2.60 bits per heavy atom. The van der Waals surface area contributed by atoms with Crippen molar-refractivity contribution in [2.75, 3.05) is 13.7 Å². The lowest BCUT2D eigenvalue weighted by Crippen LogP contribution is -2.40. The Kier molecular flexibility index (Phi) is 8.25. The number of benzene rings is 3. The number of furan rings is 1. The molecule has 0 amide bonds. The summed E-state index contributed by atoms with van der Waals surface area (Å²) in [5.41, 5.74) is 2.05. The molecule has 0 spiro atoms. The van der Waals surface area contributed by atoms with Crippen molar-refractivity contribution in [2.45, 2.75) is 13.0 Å². The number of rotatable bonds is 8. The molecule has 2 aromatic heterocycles. The van der Waals surface area contributed by atoms with Crippen LogP contribution in [0, 0.1) is 0 Å². The van der Waals surface area contributed by atoms with Gasteiger partial charge >= 0.3 is 11.9 Å². The summed E-state index contributed by atoms with van der Waals surface area (Å²) in [6.07, 6.45) is 1.58. The quantitative estimate of drug-likeness (QED) is 0.221. The smallest absolute Gasteiger partial charge is 0.338 e. The summed E-state index contributed by atoms with van der Waals surface area (Å²) >= 11 is 7.49. The summed E-state index contributed by atoms with van der Waals surface area (Å²) in [6, 6.07) is 23.2. The second-order valence-electron chi connectivity index (χ2n) is 9.91. The van der Waals surface area contributed by atoms with Gasteiger partial charge in [0, 0.05) is 17.2 Å². The third-order valence-corrected chi connectivity index (χ3v) is 8.47. The molecule has 0 saturated heterocycles. The molecule has 0 saturated carbocycles. The minimum absolute atomic E-state index is 0.0600. The van der Waals surface area contributed by atoms with E-state index in [2.05, 4.69) is 0 Å². The number of carbonyl (C=O) groups is 2. The van der Waals surface area contributed by atoms with E-state index in [1.165, 1.54) is 22.8 Å². The average Bonchev–Trinajstić information content (AvgIpc) is 3.64. The molecule has 0 fully saturated rings. The van der Waals surface area contributed by atoms with Crippen molar-refractivity contribution in [1.29, 1.82) is 0 Å². The number of thiazole rings is 1. The van der Waals surface area contributed by atoms with Crippen molar-refractivity contribution in [3.8, 4) is 17.1 Å². The van der Waals surface area contributed by atoms with E-state index in [0.29, 0.717) is 54.0 Å². The first kappa shape index (κ1) is 29.9. The summed E-state index contributed by atoms with van der Waals surface area (Å²) < 4.78 is 18.8. The molecule has 0 bridgehead atoms. The molecule has 226 valence electrons. The number of fused-ring (bicyclic) bond motifs is 1. The lowest BCUT2D eigenvalue weighted by molar-refractivity contribution is -0.138. The van der Waals surface area contributed by atoms with Crippen LogP contribution in [0.1, 0.15) is 40.2 Å². The fraction of sp³-hybridized carbons (Fsp3) is 0.118. The van der Waals surface area contributed by atoms with Crippen molar-refractivity contribution in [3.05, 3.63) is 138 Å². The molecule has 9 nitrogen and oxygen atoms in total. The van der Waals surface area contributed by atoms with E-state index in [1.54, 1.807) is 50.4 Å². The Labute approximate surface area is 265 Å². The van der Waals surface area contributed by atoms with Gasteiger partial charge in [0.2, 0.25) is 0 Å². The molecule has 6 rings (SSSR count). The molecular weight excluding hydrogens is 616 g/mol. The second-order valence-corrected chi connectivity index (χ2v) is 11.3. The third-order valence-electron chi connectivity index (χ3n) is 7.16. The van der Waals surface area contributed by atoms with Gasteiger partial charge in [-0.15, -0.1) is 0 Å². The van der Waals surface area contributed by atoms with Crippen LogP contribution in [-0.2, 0) is 9.53 Å². The number of nitrogens with zero attached hydrogens (tertiary/aromatic N) is 2. The fourth-order valence-corrected chi connectivity index (χ4v) is 6.31. The van der Waals surface area contributed by atoms with Crippen LogP contribution in [0.4, 0.5) is 0 Å². The maximum Gasteiger partial charge on any atom is 0.338 e. The number of ether oxygens (including phenoxy) is 2. The van der Waals surface area contributed by atoms with Crippen LogP contribution in [0.15, 0.2) is 105 Å². The van der Waals surface area contributed by atoms with Gasteiger partial charge in [-0.1, -0.05) is 65.4 Å². The topological polar surface area (TPSA) is 120 Å². The molecule has 1 atom stereocenters. The first-order chi connectivity index (χ1) is 21.8. The number of methoxy groups -OCH3 is 1. The van der Waals surface area contributed by atoms with Crippen LogP contribution in [0.5, 0.6) is 5.75 Å². The third kappa shape index (κ3) is 5.73. The summed E-state index contributed by atoms with van der Waals surface area (Å²) in [4.78, 5) is 44.5. The van der Waals surface area contributed by atoms with Crippen molar-refractivity contribution >= 4 is 46.6 Å². The van der Waals surface area contributed by atoms with Gasteiger partial charge in [-0.05, 0) is 55.0 Å². The molecule has 11 heteroatoms. The molecule has 1 aliphatic rings. The summed E-state index contributed by atoms with van der Waals surface area (Å²) in [7, 11) is 1.55. The summed E-state index contributed by atoms with van der Waals surface area (Å²) in [6.45, 7) is 1.86. The van der Waals surface area contributed by atoms with Crippen molar-refractivity contribution in [2.24, 2.45) is 4.99 Å². The van der Waals surface area contributed by atoms with Crippen LogP contribution < -0.4 is 19.6 Å². The van der Waals surface area contributed by atoms with Crippen molar-refractivity contribution in [1.82, 2.24) is 4.57 Å².